The maximum Gasteiger partial charge on any atom is 0.390 e. The van der Waals surface area contributed by atoms with Crippen LogP contribution in [0.2, 0.25) is 0 Å². The van der Waals surface area contributed by atoms with E-state index < -0.39 is 18.6 Å². The Bertz CT molecular complexity index is 357. The molecule has 3 N–H and O–H groups in total. The third kappa shape index (κ3) is 4.58. The number of halogens is 3. The number of nitrogens with one attached hydrogen (secondary N) is 1. The van der Waals surface area contributed by atoms with Crippen LogP contribution in [0.1, 0.15) is 24.9 Å². The lowest BCUT2D eigenvalue weighted by Crippen LogP contribution is -2.31. The minimum atomic E-state index is -4.29. The predicted octanol–water partition coefficient (Wildman–Crippen LogP) is 1.94. The lowest BCUT2D eigenvalue weighted by Gasteiger charge is -2.18. The first-order valence-electron chi connectivity index (χ1n) is 5.07. The van der Waals surface area contributed by atoms with E-state index in [4.69, 9.17) is 10.6 Å². The Morgan fingerprint density at radius 3 is 2.71 bits per heavy atom. The van der Waals surface area contributed by atoms with Crippen molar-refractivity contribution in [3.8, 4) is 5.75 Å². The van der Waals surface area contributed by atoms with Crippen molar-refractivity contribution in [2.75, 3.05) is 6.61 Å². The molecule has 0 aliphatic carbocycles. The molecule has 0 fully saturated rings. The highest BCUT2D eigenvalue weighted by molar-refractivity contribution is 5.26. The highest BCUT2D eigenvalue weighted by Gasteiger charge is 2.32. The molecule has 4 nitrogen and oxygen atoms in total. The van der Waals surface area contributed by atoms with Gasteiger partial charge in [-0.05, 0) is 18.6 Å². The lowest BCUT2D eigenvalue weighted by atomic mass is 10.1. The van der Waals surface area contributed by atoms with Crippen LogP contribution in [0.5, 0.6) is 5.75 Å². The van der Waals surface area contributed by atoms with Gasteiger partial charge in [0.15, 0.2) is 0 Å². The van der Waals surface area contributed by atoms with Crippen molar-refractivity contribution >= 4 is 0 Å². The molecule has 0 spiro atoms. The maximum absolute atomic E-state index is 12.3. The Labute approximate surface area is 96.9 Å². The van der Waals surface area contributed by atoms with Crippen molar-refractivity contribution in [3.63, 3.8) is 0 Å². The van der Waals surface area contributed by atoms with Gasteiger partial charge in [0.1, 0.15) is 5.75 Å². The average molecular weight is 249 g/mol. The summed E-state index contributed by atoms with van der Waals surface area (Å²) in [5.74, 6) is 5.54. The second-order valence-electron chi connectivity index (χ2n) is 3.43. The van der Waals surface area contributed by atoms with Gasteiger partial charge < -0.3 is 4.74 Å². The summed E-state index contributed by atoms with van der Waals surface area (Å²) in [6.07, 6.45) is -2.58. The number of hydrogen-bond donors (Lipinski definition) is 2. The summed E-state index contributed by atoms with van der Waals surface area (Å²) in [5, 5.41) is 0. The van der Waals surface area contributed by atoms with E-state index in [-0.39, 0.29) is 0 Å². The zero-order chi connectivity index (χ0) is 12.9. The Morgan fingerprint density at radius 1 is 1.47 bits per heavy atom. The molecular formula is C10H14F3N3O. The molecule has 0 aliphatic rings. The SMILES string of the molecule is CCOc1cncc(C(CC(F)(F)F)NN)c1. The van der Waals surface area contributed by atoms with Crippen molar-refractivity contribution in [3.05, 3.63) is 24.0 Å². The average Bonchev–Trinajstić information content (AvgIpc) is 2.25. The number of nitrogens with zero attached hydrogens (tertiary/aromatic N) is 1. The molecule has 0 saturated heterocycles. The molecule has 0 bridgehead atoms. The minimum Gasteiger partial charge on any atom is -0.492 e. The molecule has 96 valence electrons. The van der Waals surface area contributed by atoms with Gasteiger partial charge in [0.05, 0.1) is 25.3 Å². The van der Waals surface area contributed by atoms with Crippen molar-refractivity contribution < 1.29 is 17.9 Å². The fourth-order valence-electron chi connectivity index (χ4n) is 1.38. The standard InChI is InChI=1S/C10H14F3N3O/c1-2-17-8-3-7(5-15-6-8)9(16-14)4-10(11,12)13/h3,5-6,9,16H,2,4,14H2,1H3. The van der Waals surface area contributed by atoms with Gasteiger partial charge in [0.2, 0.25) is 0 Å². The van der Waals surface area contributed by atoms with Crippen LogP contribution in [0.4, 0.5) is 13.2 Å². The molecule has 1 aromatic rings. The Kier molecular flexibility index (Phi) is 4.71. The first-order chi connectivity index (χ1) is 7.96. The molecule has 0 aliphatic heterocycles. The fourth-order valence-corrected chi connectivity index (χ4v) is 1.38. The molecule has 0 radical (unpaired) electrons. The summed E-state index contributed by atoms with van der Waals surface area (Å²) < 4.78 is 42.0. The first-order valence-corrected chi connectivity index (χ1v) is 5.07. The summed E-state index contributed by atoms with van der Waals surface area (Å²) >= 11 is 0. The second kappa shape index (κ2) is 5.83. The summed E-state index contributed by atoms with van der Waals surface area (Å²) in [6, 6.07) is 0.468. The number of hydrazine groups is 1. The van der Waals surface area contributed by atoms with E-state index in [1.807, 2.05) is 0 Å². The van der Waals surface area contributed by atoms with Gasteiger partial charge in [0, 0.05) is 6.20 Å². The van der Waals surface area contributed by atoms with E-state index in [0.717, 1.165) is 0 Å². The van der Waals surface area contributed by atoms with Crippen molar-refractivity contribution in [2.24, 2.45) is 5.84 Å². The van der Waals surface area contributed by atoms with E-state index in [2.05, 4.69) is 10.4 Å². The van der Waals surface area contributed by atoms with Crippen LogP contribution in [-0.2, 0) is 0 Å². The predicted molar refractivity (Wildman–Crippen MR) is 56.1 cm³/mol. The Balaban J connectivity index is 2.84. The number of rotatable bonds is 5. The zero-order valence-electron chi connectivity index (χ0n) is 9.29. The number of alkyl halides is 3. The third-order valence-electron chi connectivity index (χ3n) is 2.08. The first kappa shape index (κ1) is 13.7. The molecule has 17 heavy (non-hydrogen) atoms. The number of ether oxygens (including phenoxy) is 1. The maximum atomic E-state index is 12.3. The molecule has 7 heteroatoms. The highest BCUT2D eigenvalue weighted by Crippen LogP contribution is 2.29. The lowest BCUT2D eigenvalue weighted by molar-refractivity contribution is -0.140. The zero-order valence-corrected chi connectivity index (χ0v) is 9.29. The fraction of sp³-hybridized carbons (Fsp3) is 0.500. The Morgan fingerprint density at radius 2 is 2.18 bits per heavy atom. The van der Waals surface area contributed by atoms with Crippen LogP contribution in [0, 0.1) is 0 Å². The van der Waals surface area contributed by atoms with Gasteiger partial charge in [-0.15, -0.1) is 0 Å². The number of aromatic nitrogens is 1. The normalized spacial score (nSPS) is 13.5. The molecule has 1 rings (SSSR count). The van der Waals surface area contributed by atoms with Crippen LogP contribution in [-0.4, -0.2) is 17.8 Å². The van der Waals surface area contributed by atoms with Crippen LogP contribution >= 0.6 is 0 Å². The van der Waals surface area contributed by atoms with Gasteiger partial charge >= 0.3 is 6.18 Å². The number of nitrogens with two attached hydrogens (primary N) is 1. The summed E-state index contributed by atoms with van der Waals surface area (Å²) in [4.78, 5) is 3.81. The van der Waals surface area contributed by atoms with Crippen molar-refractivity contribution in [1.29, 1.82) is 0 Å². The van der Waals surface area contributed by atoms with Gasteiger partial charge in [-0.3, -0.25) is 16.3 Å². The summed E-state index contributed by atoms with van der Waals surface area (Å²) in [6.45, 7) is 2.20. The molecule has 0 saturated carbocycles. The number of pyridine rings is 1. The van der Waals surface area contributed by atoms with E-state index >= 15 is 0 Å². The topological polar surface area (TPSA) is 60.2 Å². The monoisotopic (exact) mass is 249 g/mol. The van der Waals surface area contributed by atoms with Crippen molar-refractivity contribution in [2.45, 2.75) is 25.6 Å². The van der Waals surface area contributed by atoms with E-state index in [1.165, 1.54) is 18.5 Å². The molecular weight excluding hydrogens is 235 g/mol. The van der Waals surface area contributed by atoms with Crippen LogP contribution in [0.25, 0.3) is 0 Å². The van der Waals surface area contributed by atoms with Gasteiger partial charge in [0.25, 0.3) is 0 Å². The van der Waals surface area contributed by atoms with Crippen LogP contribution in [0.3, 0.4) is 0 Å². The molecule has 0 amide bonds. The highest BCUT2D eigenvalue weighted by atomic mass is 19.4. The molecule has 1 heterocycles. The van der Waals surface area contributed by atoms with E-state index in [0.29, 0.717) is 17.9 Å². The summed E-state index contributed by atoms with van der Waals surface area (Å²) in [5.41, 5.74) is 2.47. The van der Waals surface area contributed by atoms with Crippen LogP contribution < -0.4 is 16.0 Å². The smallest absolute Gasteiger partial charge is 0.390 e. The van der Waals surface area contributed by atoms with Crippen LogP contribution in [0.15, 0.2) is 18.5 Å². The molecule has 1 unspecified atom stereocenters. The van der Waals surface area contributed by atoms with Gasteiger partial charge in [-0.25, -0.2) is 0 Å². The van der Waals surface area contributed by atoms with Gasteiger partial charge in [-0.2, -0.15) is 13.2 Å². The third-order valence-corrected chi connectivity index (χ3v) is 2.08. The minimum absolute atomic E-state index is 0.343. The van der Waals surface area contributed by atoms with E-state index in [1.54, 1.807) is 6.92 Å². The van der Waals surface area contributed by atoms with Crippen molar-refractivity contribution in [1.82, 2.24) is 10.4 Å². The molecule has 0 aromatic carbocycles. The molecule has 1 atom stereocenters. The second-order valence-corrected chi connectivity index (χ2v) is 3.43. The largest absolute Gasteiger partial charge is 0.492 e. The number of hydrogen-bond acceptors (Lipinski definition) is 4. The summed E-state index contributed by atoms with van der Waals surface area (Å²) in [7, 11) is 0. The van der Waals surface area contributed by atoms with Gasteiger partial charge in [-0.1, -0.05) is 0 Å². The quantitative estimate of drug-likeness (QED) is 0.618. The molecule has 1 aromatic heterocycles. The van der Waals surface area contributed by atoms with E-state index in [9.17, 15) is 13.2 Å². The Hall–Kier alpha value is -1.34.